The lowest BCUT2D eigenvalue weighted by atomic mass is 10.0. The van der Waals surface area contributed by atoms with E-state index in [4.69, 9.17) is 0 Å². The summed E-state index contributed by atoms with van der Waals surface area (Å²) in [6.45, 7) is 5.40. The molecule has 1 atom stereocenters. The summed E-state index contributed by atoms with van der Waals surface area (Å²) in [4.78, 5) is 30.1. The first kappa shape index (κ1) is 17.3. The molecule has 0 saturated carbocycles. The van der Waals surface area contributed by atoms with Gasteiger partial charge in [-0.2, -0.15) is 0 Å². The molecule has 6 heteroatoms. The van der Waals surface area contributed by atoms with Gasteiger partial charge in [0.1, 0.15) is 0 Å². The highest BCUT2D eigenvalue weighted by Gasteiger charge is 2.32. The number of hydrogen-bond acceptors (Lipinski definition) is 4. The smallest absolute Gasteiger partial charge is 0.254 e. The molecule has 5 nitrogen and oxygen atoms in total. The molecule has 2 aliphatic rings. The number of nitrogens with zero attached hydrogens (tertiary/aromatic N) is 2. The fraction of sp³-hybridized carbons (Fsp3) is 0.556. The van der Waals surface area contributed by atoms with Crippen molar-refractivity contribution < 1.29 is 9.59 Å². The van der Waals surface area contributed by atoms with E-state index in [1.54, 1.807) is 11.8 Å². The minimum Gasteiger partial charge on any atom is -0.337 e. The van der Waals surface area contributed by atoms with Crippen molar-refractivity contribution in [1.82, 2.24) is 15.1 Å². The highest BCUT2D eigenvalue weighted by molar-refractivity contribution is 7.98. The van der Waals surface area contributed by atoms with Gasteiger partial charge in [-0.3, -0.25) is 9.59 Å². The number of hydrogen-bond donors (Lipinski definition) is 1. The summed E-state index contributed by atoms with van der Waals surface area (Å²) in [5, 5.41) is 3.11. The third kappa shape index (κ3) is 3.59. The summed E-state index contributed by atoms with van der Waals surface area (Å²) in [5.41, 5.74) is 1.80. The quantitative estimate of drug-likeness (QED) is 0.847. The molecule has 0 aliphatic carbocycles. The molecule has 1 aromatic rings. The van der Waals surface area contributed by atoms with Crippen LogP contribution in [0.15, 0.2) is 23.1 Å². The van der Waals surface area contributed by atoms with Crippen molar-refractivity contribution in [3.05, 3.63) is 29.3 Å². The summed E-state index contributed by atoms with van der Waals surface area (Å²) < 4.78 is 0. The lowest BCUT2D eigenvalue weighted by molar-refractivity contribution is -0.135. The van der Waals surface area contributed by atoms with Crippen LogP contribution in [0.5, 0.6) is 0 Å². The Morgan fingerprint density at radius 1 is 1.33 bits per heavy atom. The van der Waals surface area contributed by atoms with Gasteiger partial charge < -0.3 is 15.1 Å². The molecule has 0 aromatic heterocycles. The monoisotopic (exact) mass is 347 g/mol. The summed E-state index contributed by atoms with van der Waals surface area (Å²) >= 11 is 1.65. The molecule has 2 saturated heterocycles. The first-order chi connectivity index (χ1) is 11.6. The Bertz CT molecular complexity index is 635. The van der Waals surface area contributed by atoms with Crippen LogP contribution >= 0.6 is 11.8 Å². The molecule has 1 N–H and O–H groups in total. The number of thioether (sulfide) groups is 1. The Morgan fingerprint density at radius 3 is 2.92 bits per heavy atom. The van der Waals surface area contributed by atoms with Crippen LogP contribution in [0, 0.1) is 6.92 Å². The van der Waals surface area contributed by atoms with Gasteiger partial charge in [0.2, 0.25) is 5.91 Å². The van der Waals surface area contributed by atoms with Gasteiger partial charge in [-0.15, -0.1) is 11.8 Å². The van der Waals surface area contributed by atoms with Crippen molar-refractivity contribution in [2.45, 2.75) is 30.7 Å². The number of rotatable bonds is 3. The molecule has 1 unspecified atom stereocenters. The van der Waals surface area contributed by atoms with E-state index in [-0.39, 0.29) is 17.9 Å². The van der Waals surface area contributed by atoms with Gasteiger partial charge in [-0.05, 0) is 43.7 Å². The molecule has 3 rings (SSSR count). The number of benzene rings is 1. The third-order valence-corrected chi connectivity index (χ3v) is 5.65. The van der Waals surface area contributed by atoms with Crippen molar-refractivity contribution in [1.29, 1.82) is 0 Å². The molecular weight excluding hydrogens is 322 g/mol. The van der Waals surface area contributed by atoms with Crippen molar-refractivity contribution >= 4 is 23.6 Å². The second-order valence-electron chi connectivity index (χ2n) is 6.49. The van der Waals surface area contributed by atoms with E-state index in [1.807, 2.05) is 35.1 Å². The van der Waals surface area contributed by atoms with Gasteiger partial charge in [-0.25, -0.2) is 0 Å². The van der Waals surface area contributed by atoms with Gasteiger partial charge in [-0.1, -0.05) is 6.07 Å². The van der Waals surface area contributed by atoms with E-state index in [9.17, 15) is 9.59 Å². The lowest BCUT2D eigenvalue weighted by Gasteiger charge is -2.41. The Kier molecular flexibility index (Phi) is 5.46. The number of aryl methyl sites for hydroxylation is 1. The number of piperazine rings is 1. The van der Waals surface area contributed by atoms with E-state index in [0.717, 1.165) is 48.5 Å². The van der Waals surface area contributed by atoms with E-state index >= 15 is 0 Å². The first-order valence-corrected chi connectivity index (χ1v) is 9.76. The molecule has 0 radical (unpaired) electrons. The Morgan fingerprint density at radius 2 is 2.17 bits per heavy atom. The maximum absolute atomic E-state index is 13.0. The maximum Gasteiger partial charge on any atom is 0.254 e. The molecule has 24 heavy (non-hydrogen) atoms. The predicted molar refractivity (Wildman–Crippen MR) is 96.5 cm³/mol. The number of nitrogens with one attached hydrogen (secondary N) is 1. The molecule has 0 bridgehead atoms. The van der Waals surface area contributed by atoms with Gasteiger partial charge in [0.25, 0.3) is 5.91 Å². The number of amides is 2. The molecule has 1 aromatic carbocycles. The molecule has 2 fully saturated rings. The Balaban J connectivity index is 1.74. The minimum atomic E-state index is 0.0932. The molecular formula is C18H25N3O2S. The topological polar surface area (TPSA) is 52.7 Å². The molecule has 0 spiro atoms. The Labute approximate surface area is 147 Å². The SMILES string of the molecule is CSc1ccc(C)c(C(=O)N2CCCC(N3CCNCC3=O)C2)c1. The van der Waals surface area contributed by atoms with Crippen molar-refractivity contribution in [3.8, 4) is 0 Å². The second kappa shape index (κ2) is 7.57. The van der Waals surface area contributed by atoms with E-state index in [0.29, 0.717) is 13.1 Å². The van der Waals surface area contributed by atoms with Crippen LogP contribution in [0.1, 0.15) is 28.8 Å². The highest BCUT2D eigenvalue weighted by atomic mass is 32.2. The van der Waals surface area contributed by atoms with E-state index in [1.165, 1.54) is 0 Å². The van der Waals surface area contributed by atoms with E-state index < -0.39 is 0 Å². The average Bonchev–Trinajstić information content (AvgIpc) is 2.62. The zero-order valence-corrected chi connectivity index (χ0v) is 15.2. The lowest BCUT2D eigenvalue weighted by Crippen LogP contribution is -2.57. The Hall–Kier alpha value is -1.53. The summed E-state index contributed by atoms with van der Waals surface area (Å²) in [7, 11) is 0. The first-order valence-electron chi connectivity index (χ1n) is 8.54. The standard InChI is InChI=1S/C18H25N3O2S/c1-13-5-6-15(24-2)10-16(13)18(23)20-8-3-4-14(12-20)21-9-7-19-11-17(21)22/h5-6,10,14,19H,3-4,7-9,11-12H2,1-2H3. The number of carbonyl (C=O) groups is 2. The van der Waals surface area contributed by atoms with Gasteiger partial charge in [0.15, 0.2) is 0 Å². The maximum atomic E-state index is 13.0. The van der Waals surface area contributed by atoms with Crippen LogP contribution in [0.25, 0.3) is 0 Å². The van der Waals surface area contributed by atoms with Crippen molar-refractivity contribution in [2.24, 2.45) is 0 Å². The molecule has 2 heterocycles. The summed E-state index contributed by atoms with van der Waals surface area (Å²) in [5.74, 6) is 0.247. The van der Waals surface area contributed by atoms with Gasteiger partial charge >= 0.3 is 0 Å². The summed E-state index contributed by atoms with van der Waals surface area (Å²) in [6.07, 6.45) is 3.96. The van der Waals surface area contributed by atoms with Crippen molar-refractivity contribution in [2.75, 3.05) is 39.0 Å². The largest absolute Gasteiger partial charge is 0.337 e. The fourth-order valence-electron chi connectivity index (χ4n) is 3.53. The summed E-state index contributed by atoms with van der Waals surface area (Å²) in [6, 6.07) is 6.21. The zero-order chi connectivity index (χ0) is 17.1. The number of likely N-dealkylation sites (tertiary alicyclic amines) is 1. The van der Waals surface area contributed by atoms with Crippen molar-refractivity contribution in [3.63, 3.8) is 0 Å². The van der Waals surface area contributed by atoms with Crippen LogP contribution in [-0.2, 0) is 4.79 Å². The highest BCUT2D eigenvalue weighted by Crippen LogP contribution is 2.23. The predicted octanol–water partition coefficient (Wildman–Crippen LogP) is 1.75. The fourth-order valence-corrected chi connectivity index (χ4v) is 3.97. The molecule has 2 aliphatic heterocycles. The van der Waals surface area contributed by atoms with E-state index in [2.05, 4.69) is 11.4 Å². The molecule has 130 valence electrons. The van der Waals surface area contributed by atoms with Crippen LogP contribution < -0.4 is 5.32 Å². The van der Waals surface area contributed by atoms with Crippen LogP contribution in [0.2, 0.25) is 0 Å². The molecule has 2 amide bonds. The minimum absolute atomic E-state index is 0.0932. The number of carbonyl (C=O) groups excluding carboxylic acids is 2. The van der Waals surface area contributed by atoms with Gasteiger partial charge in [0, 0.05) is 42.7 Å². The second-order valence-corrected chi connectivity index (χ2v) is 7.37. The van der Waals surface area contributed by atoms with Gasteiger partial charge in [0.05, 0.1) is 6.54 Å². The zero-order valence-electron chi connectivity index (χ0n) is 14.4. The van der Waals surface area contributed by atoms with Crippen LogP contribution in [-0.4, -0.2) is 66.6 Å². The van der Waals surface area contributed by atoms with Crippen LogP contribution in [0.3, 0.4) is 0 Å². The average molecular weight is 347 g/mol. The van der Waals surface area contributed by atoms with Crippen LogP contribution in [0.4, 0.5) is 0 Å². The normalized spacial score (nSPS) is 21.9. The number of piperidine rings is 1. The third-order valence-electron chi connectivity index (χ3n) is 4.93.